The van der Waals surface area contributed by atoms with Crippen LogP contribution in [0.2, 0.25) is 0 Å². The van der Waals surface area contributed by atoms with E-state index in [-0.39, 0.29) is 5.97 Å². The minimum Gasteiger partial charge on any atom is -0.465 e. The van der Waals surface area contributed by atoms with E-state index in [1.807, 2.05) is 37.3 Å². The van der Waals surface area contributed by atoms with Gasteiger partial charge in [-0.2, -0.15) is 0 Å². The molecule has 0 spiro atoms. The number of hydrogen-bond acceptors (Lipinski definition) is 4. The zero-order chi connectivity index (χ0) is 17.1. The number of carbonyl (C=O) groups is 1. The van der Waals surface area contributed by atoms with Gasteiger partial charge in [-0.1, -0.05) is 25.1 Å². The maximum absolute atomic E-state index is 11.8. The van der Waals surface area contributed by atoms with Gasteiger partial charge in [0.2, 0.25) is 0 Å². The molecule has 0 saturated carbocycles. The highest BCUT2D eigenvalue weighted by atomic mass is 16.5. The third kappa shape index (κ3) is 3.08. The lowest BCUT2D eigenvalue weighted by Gasteiger charge is -2.14. The van der Waals surface area contributed by atoms with Crippen molar-refractivity contribution >= 4 is 28.2 Å². The molecule has 0 fully saturated rings. The Balaban J connectivity index is 2.13. The van der Waals surface area contributed by atoms with Gasteiger partial charge in [0, 0.05) is 22.5 Å². The molecule has 0 bridgehead atoms. The topological polar surface area (TPSA) is 51.2 Å². The van der Waals surface area contributed by atoms with Crippen LogP contribution in [0.15, 0.2) is 48.5 Å². The zero-order valence-electron chi connectivity index (χ0n) is 14.1. The SMILES string of the molecule is CCc1ccccc1Nc1cc(C)nc2ccc(C(=O)OC)cc12. The van der Waals surface area contributed by atoms with E-state index in [0.29, 0.717) is 5.56 Å². The Morgan fingerprint density at radius 2 is 1.92 bits per heavy atom. The van der Waals surface area contributed by atoms with Crippen LogP contribution in [0.3, 0.4) is 0 Å². The lowest BCUT2D eigenvalue weighted by molar-refractivity contribution is 0.0601. The summed E-state index contributed by atoms with van der Waals surface area (Å²) in [7, 11) is 1.39. The van der Waals surface area contributed by atoms with Crippen LogP contribution in [0.4, 0.5) is 11.4 Å². The first-order valence-electron chi connectivity index (χ1n) is 7.97. The molecule has 4 nitrogen and oxygen atoms in total. The average molecular weight is 320 g/mol. The zero-order valence-corrected chi connectivity index (χ0v) is 14.1. The van der Waals surface area contributed by atoms with Gasteiger partial charge in [-0.3, -0.25) is 4.98 Å². The van der Waals surface area contributed by atoms with Crippen molar-refractivity contribution in [1.82, 2.24) is 4.98 Å². The van der Waals surface area contributed by atoms with Crippen molar-refractivity contribution in [2.45, 2.75) is 20.3 Å². The Kier molecular flexibility index (Phi) is 4.47. The Hall–Kier alpha value is -2.88. The third-order valence-electron chi connectivity index (χ3n) is 4.03. The van der Waals surface area contributed by atoms with Crippen molar-refractivity contribution in [3.05, 3.63) is 65.4 Å². The van der Waals surface area contributed by atoms with Crippen LogP contribution in [-0.2, 0) is 11.2 Å². The number of methoxy groups -OCH3 is 1. The molecule has 0 aliphatic carbocycles. The van der Waals surface area contributed by atoms with E-state index in [1.54, 1.807) is 6.07 Å². The van der Waals surface area contributed by atoms with Crippen molar-refractivity contribution in [2.75, 3.05) is 12.4 Å². The van der Waals surface area contributed by atoms with Gasteiger partial charge in [-0.25, -0.2) is 4.79 Å². The van der Waals surface area contributed by atoms with E-state index in [9.17, 15) is 4.79 Å². The third-order valence-corrected chi connectivity index (χ3v) is 4.03. The number of ether oxygens (including phenoxy) is 1. The molecule has 1 heterocycles. The number of aromatic nitrogens is 1. The van der Waals surface area contributed by atoms with Crippen molar-refractivity contribution in [3.8, 4) is 0 Å². The Morgan fingerprint density at radius 1 is 1.12 bits per heavy atom. The first-order chi connectivity index (χ1) is 11.6. The quantitative estimate of drug-likeness (QED) is 0.712. The number of fused-ring (bicyclic) bond motifs is 1. The number of anilines is 2. The van der Waals surface area contributed by atoms with Gasteiger partial charge in [0.25, 0.3) is 0 Å². The fraction of sp³-hybridized carbons (Fsp3) is 0.200. The average Bonchev–Trinajstić information content (AvgIpc) is 2.61. The predicted octanol–water partition coefficient (Wildman–Crippen LogP) is 4.64. The number of nitrogens with one attached hydrogen (secondary N) is 1. The number of aryl methyl sites for hydroxylation is 2. The standard InChI is InChI=1S/C20H20N2O2/c1-4-14-7-5-6-8-17(14)22-19-11-13(2)21-18-10-9-15(12-16(18)19)20(23)24-3/h5-12H,4H2,1-3H3,(H,21,22). The smallest absolute Gasteiger partial charge is 0.337 e. The number of nitrogens with zero attached hydrogens (tertiary/aromatic N) is 1. The van der Waals surface area contributed by atoms with E-state index in [2.05, 4.69) is 29.4 Å². The van der Waals surface area contributed by atoms with E-state index >= 15 is 0 Å². The molecule has 0 aliphatic rings. The van der Waals surface area contributed by atoms with Crippen LogP contribution in [0.25, 0.3) is 10.9 Å². The molecule has 122 valence electrons. The summed E-state index contributed by atoms with van der Waals surface area (Å²) in [6.45, 7) is 4.09. The molecule has 0 radical (unpaired) electrons. The Morgan fingerprint density at radius 3 is 2.67 bits per heavy atom. The highest BCUT2D eigenvalue weighted by Crippen LogP contribution is 2.29. The van der Waals surface area contributed by atoms with E-state index < -0.39 is 0 Å². The predicted molar refractivity (Wildman–Crippen MR) is 96.9 cm³/mol. The van der Waals surface area contributed by atoms with Gasteiger partial charge < -0.3 is 10.1 Å². The minimum atomic E-state index is -0.350. The van der Waals surface area contributed by atoms with Crippen LogP contribution < -0.4 is 5.32 Å². The Bertz CT molecular complexity index is 903. The Labute approximate surface area is 141 Å². The first-order valence-corrected chi connectivity index (χ1v) is 7.97. The molecule has 1 aromatic heterocycles. The number of para-hydroxylation sites is 1. The summed E-state index contributed by atoms with van der Waals surface area (Å²) in [6.07, 6.45) is 0.943. The van der Waals surface area contributed by atoms with Crippen LogP contribution in [-0.4, -0.2) is 18.1 Å². The van der Waals surface area contributed by atoms with Crippen molar-refractivity contribution in [2.24, 2.45) is 0 Å². The number of hydrogen-bond donors (Lipinski definition) is 1. The molecule has 1 N–H and O–H groups in total. The van der Waals surface area contributed by atoms with Gasteiger partial charge in [0.1, 0.15) is 0 Å². The molecule has 0 atom stereocenters. The van der Waals surface area contributed by atoms with E-state index in [1.165, 1.54) is 12.7 Å². The summed E-state index contributed by atoms with van der Waals surface area (Å²) in [5.74, 6) is -0.350. The molecule has 3 aromatic rings. The first kappa shape index (κ1) is 16.0. The maximum atomic E-state index is 11.8. The van der Waals surface area contributed by atoms with Gasteiger partial charge >= 0.3 is 5.97 Å². The summed E-state index contributed by atoms with van der Waals surface area (Å²) >= 11 is 0. The van der Waals surface area contributed by atoms with Crippen LogP contribution >= 0.6 is 0 Å². The highest BCUT2D eigenvalue weighted by Gasteiger charge is 2.11. The molecule has 3 rings (SSSR count). The number of pyridine rings is 1. The molecule has 24 heavy (non-hydrogen) atoms. The van der Waals surface area contributed by atoms with Gasteiger partial charge in [0.15, 0.2) is 0 Å². The maximum Gasteiger partial charge on any atom is 0.337 e. The number of carbonyl (C=O) groups excluding carboxylic acids is 1. The molecule has 4 heteroatoms. The summed E-state index contributed by atoms with van der Waals surface area (Å²) in [5.41, 5.74) is 5.52. The fourth-order valence-electron chi connectivity index (χ4n) is 2.80. The van der Waals surface area contributed by atoms with Crippen molar-refractivity contribution < 1.29 is 9.53 Å². The fourth-order valence-corrected chi connectivity index (χ4v) is 2.80. The van der Waals surface area contributed by atoms with Crippen LogP contribution in [0, 0.1) is 6.92 Å². The second-order valence-corrected chi connectivity index (χ2v) is 5.67. The molecule has 0 aliphatic heterocycles. The second-order valence-electron chi connectivity index (χ2n) is 5.67. The molecule has 0 amide bonds. The second kappa shape index (κ2) is 6.71. The largest absolute Gasteiger partial charge is 0.465 e. The summed E-state index contributed by atoms with van der Waals surface area (Å²) < 4.78 is 4.82. The summed E-state index contributed by atoms with van der Waals surface area (Å²) in [4.78, 5) is 16.4. The van der Waals surface area contributed by atoms with Crippen molar-refractivity contribution in [1.29, 1.82) is 0 Å². The lowest BCUT2D eigenvalue weighted by atomic mass is 10.1. The highest BCUT2D eigenvalue weighted by molar-refractivity contribution is 5.99. The number of benzene rings is 2. The van der Waals surface area contributed by atoms with Gasteiger partial charge in [-0.05, 0) is 49.2 Å². The molecular formula is C20H20N2O2. The van der Waals surface area contributed by atoms with E-state index in [0.717, 1.165) is 34.4 Å². The minimum absolute atomic E-state index is 0.350. The monoisotopic (exact) mass is 320 g/mol. The summed E-state index contributed by atoms with van der Waals surface area (Å²) in [6, 6.07) is 15.6. The molecular weight excluding hydrogens is 300 g/mol. The number of rotatable bonds is 4. The van der Waals surface area contributed by atoms with Crippen LogP contribution in [0.5, 0.6) is 0 Å². The lowest BCUT2D eigenvalue weighted by Crippen LogP contribution is -2.02. The van der Waals surface area contributed by atoms with E-state index in [4.69, 9.17) is 4.74 Å². The van der Waals surface area contributed by atoms with Crippen molar-refractivity contribution in [3.63, 3.8) is 0 Å². The van der Waals surface area contributed by atoms with Gasteiger partial charge in [0.05, 0.1) is 18.2 Å². The molecule has 2 aromatic carbocycles. The van der Waals surface area contributed by atoms with Crippen LogP contribution in [0.1, 0.15) is 28.5 Å². The number of esters is 1. The molecule has 0 saturated heterocycles. The summed E-state index contributed by atoms with van der Waals surface area (Å²) in [5, 5.41) is 4.40. The van der Waals surface area contributed by atoms with Gasteiger partial charge in [-0.15, -0.1) is 0 Å². The normalized spacial score (nSPS) is 10.6. The molecule has 0 unspecified atom stereocenters.